The van der Waals surface area contributed by atoms with Gasteiger partial charge in [-0.3, -0.25) is 24.0 Å². The lowest BCUT2D eigenvalue weighted by Crippen LogP contribution is -2.29. The topological polar surface area (TPSA) is 167 Å². The number of carbonyl (C=O) groups excluding carboxylic acids is 4. The molecule has 0 unspecified atom stereocenters. The number of benzene rings is 1. The number of Topliss-reactive ketones (excluding diaryl/α,β-unsaturated/α-hetero) is 2. The van der Waals surface area contributed by atoms with Gasteiger partial charge >= 0.3 is 5.97 Å². The van der Waals surface area contributed by atoms with Crippen molar-refractivity contribution in [3.8, 4) is 0 Å². The number of hydrogen-bond acceptors (Lipinski definition) is 9. The van der Waals surface area contributed by atoms with Crippen LogP contribution in [0.1, 0.15) is 63.9 Å². The van der Waals surface area contributed by atoms with Crippen molar-refractivity contribution >= 4 is 51.9 Å². The summed E-state index contributed by atoms with van der Waals surface area (Å²) in [7, 11) is 0. The van der Waals surface area contributed by atoms with E-state index in [0.717, 1.165) is 22.0 Å². The first-order valence-corrected chi connectivity index (χ1v) is 16.6. The van der Waals surface area contributed by atoms with E-state index < -0.39 is 11.9 Å². The van der Waals surface area contributed by atoms with E-state index in [1.165, 1.54) is 0 Å². The van der Waals surface area contributed by atoms with Crippen LogP contribution in [0.5, 0.6) is 0 Å². The lowest BCUT2D eigenvalue weighted by atomic mass is 9.94. The van der Waals surface area contributed by atoms with E-state index in [1.807, 2.05) is 31.2 Å². The van der Waals surface area contributed by atoms with E-state index in [2.05, 4.69) is 33.2 Å². The largest absolute Gasteiger partial charge is 0.481 e. The van der Waals surface area contributed by atoms with Gasteiger partial charge in [-0.05, 0) is 72.4 Å². The van der Waals surface area contributed by atoms with Crippen molar-refractivity contribution in [3.63, 3.8) is 0 Å². The molecule has 0 fully saturated rings. The first kappa shape index (κ1) is 40.6. The third-order valence-corrected chi connectivity index (χ3v) is 7.22. The number of ether oxygens (including phenoxy) is 4. The molecule has 3 N–H and O–H groups in total. The van der Waals surface area contributed by atoms with Gasteiger partial charge in [0, 0.05) is 48.9 Å². The monoisotopic (exact) mass is 748 g/mol. The van der Waals surface area contributed by atoms with E-state index in [9.17, 15) is 29.1 Å². The summed E-state index contributed by atoms with van der Waals surface area (Å²) in [6.07, 6.45) is 3.51. The second-order valence-corrected chi connectivity index (χ2v) is 11.7. The van der Waals surface area contributed by atoms with Crippen molar-refractivity contribution in [2.45, 2.75) is 64.7 Å². The van der Waals surface area contributed by atoms with Gasteiger partial charge in [0.15, 0.2) is 5.78 Å². The predicted molar refractivity (Wildman–Crippen MR) is 176 cm³/mol. The summed E-state index contributed by atoms with van der Waals surface area (Å²) in [5, 5.41) is 14.9. The Morgan fingerprint density at radius 1 is 0.733 bits per heavy atom. The molecule has 1 aromatic carbocycles. The highest BCUT2D eigenvalue weighted by Crippen LogP contribution is 2.16. The molecular formula is C32H49IN2O10. The van der Waals surface area contributed by atoms with Crippen LogP contribution in [0.25, 0.3) is 0 Å². The molecule has 0 heterocycles. The maximum atomic E-state index is 12.3. The maximum absolute atomic E-state index is 12.3. The quantitative estimate of drug-likeness (QED) is 0.0819. The average molecular weight is 749 g/mol. The van der Waals surface area contributed by atoms with E-state index >= 15 is 0 Å². The number of carbonyl (C=O) groups is 5. The van der Waals surface area contributed by atoms with Gasteiger partial charge in [-0.15, -0.1) is 0 Å². The molecule has 0 saturated carbocycles. The fourth-order valence-corrected chi connectivity index (χ4v) is 4.40. The first-order chi connectivity index (χ1) is 21.7. The third-order valence-electron chi connectivity index (χ3n) is 6.50. The van der Waals surface area contributed by atoms with E-state index in [-0.39, 0.29) is 82.2 Å². The van der Waals surface area contributed by atoms with Crippen LogP contribution >= 0.6 is 22.6 Å². The third kappa shape index (κ3) is 23.5. The lowest BCUT2D eigenvalue weighted by molar-refractivity contribution is -0.144. The van der Waals surface area contributed by atoms with Gasteiger partial charge in [0.25, 0.3) is 0 Å². The summed E-state index contributed by atoms with van der Waals surface area (Å²) >= 11 is 2.23. The van der Waals surface area contributed by atoms with E-state index in [1.54, 1.807) is 0 Å². The summed E-state index contributed by atoms with van der Waals surface area (Å²) in [4.78, 5) is 59.3. The minimum absolute atomic E-state index is 0.00696. The number of aryl methyl sites for hydroxylation is 1. The number of hydrogen-bond donors (Lipinski definition) is 3. The first-order valence-electron chi connectivity index (χ1n) is 15.6. The second kappa shape index (κ2) is 26.7. The van der Waals surface area contributed by atoms with Crippen molar-refractivity contribution in [1.82, 2.24) is 10.6 Å². The number of carboxylic acids is 1. The normalized spacial score (nSPS) is 11.6. The molecule has 0 aliphatic heterocycles. The zero-order valence-corrected chi connectivity index (χ0v) is 28.5. The number of halogens is 1. The highest BCUT2D eigenvalue weighted by Gasteiger charge is 2.22. The Morgan fingerprint density at radius 2 is 1.36 bits per heavy atom. The summed E-state index contributed by atoms with van der Waals surface area (Å²) < 4.78 is 22.4. The fraction of sp³-hybridized carbons (Fsp3) is 0.656. The van der Waals surface area contributed by atoms with Crippen molar-refractivity contribution in [3.05, 3.63) is 33.4 Å². The molecule has 0 aromatic heterocycles. The van der Waals surface area contributed by atoms with Gasteiger partial charge < -0.3 is 34.7 Å². The number of rotatable bonds is 29. The highest BCUT2D eigenvalue weighted by molar-refractivity contribution is 14.1. The zero-order valence-electron chi connectivity index (χ0n) is 26.3. The van der Waals surface area contributed by atoms with Crippen LogP contribution in [0.15, 0.2) is 24.3 Å². The van der Waals surface area contributed by atoms with Crippen molar-refractivity contribution in [2.75, 3.05) is 65.9 Å². The van der Waals surface area contributed by atoms with Crippen LogP contribution < -0.4 is 10.6 Å². The molecule has 45 heavy (non-hydrogen) atoms. The Labute approximate surface area is 279 Å². The molecule has 0 radical (unpaired) electrons. The number of aliphatic carboxylic acids is 1. The van der Waals surface area contributed by atoms with Crippen LogP contribution in [-0.2, 0) is 49.3 Å². The number of nitrogens with one attached hydrogen (secondary N) is 2. The Morgan fingerprint density at radius 3 is 2.04 bits per heavy atom. The van der Waals surface area contributed by atoms with Gasteiger partial charge in [0.05, 0.1) is 39.0 Å². The van der Waals surface area contributed by atoms with Crippen molar-refractivity contribution in [1.29, 1.82) is 0 Å². The minimum atomic E-state index is -1.07. The maximum Gasteiger partial charge on any atom is 0.306 e. The van der Waals surface area contributed by atoms with Crippen LogP contribution in [0.4, 0.5) is 0 Å². The smallest absolute Gasteiger partial charge is 0.306 e. The van der Waals surface area contributed by atoms with Gasteiger partial charge in [0.2, 0.25) is 11.8 Å². The highest BCUT2D eigenvalue weighted by atomic mass is 127. The molecule has 2 amide bonds. The Balaban J connectivity index is 1.98. The lowest BCUT2D eigenvalue weighted by Gasteiger charge is -2.12. The number of ketones is 2. The standard InChI is InChI=1S/C32H49IN2O10/c1-2-14-34-31(39)24-45-21-18-42-16-4-7-29(37)23-44-20-19-43-17-15-35-30(38)13-10-26(32(40)41)22-28(36)6-3-5-25-8-11-27(33)12-9-25/h8-9,11-12,26H,2-7,10,13-24H2,1H3,(H,34,39)(H,35,38)(H,40,41)/t26-/m1/s1. The Hall–Kier alpha value is -2.46. The molecule has 1 atom stereocenters. The molecule has 0 saturated heterocycles. The number of amides is 2. The number of carboxylic acid groups (broad SMARTS) is 1. The average Bonchev–Trinajstić information content (AvgIpc) is 3.01. The van der Waals surface area contributed by atoms with E-state index in [0.29, 0.717) is 52.0 Å². The molecular weight excluding hydrogens is 699 g/mol. The zero-order chi connectivity index (χ0) is 33.1. The molecule has 254 valence electrons. The molecule has 1 rings (SSSR count). The van der Waals surface area contributed by atoms with Gasteiger partial charge in [-0.1, -0.05) is 19.1 Å². The Bertz CT molecular complexity index is 1010. The van der Waals surface area contributed by atoms with E-state index in [4.69, 9.17) is 18.9 Å². The molecule has 0 aliphatic carbocycles. The van der Waals surface area contributed by atoms with Crippen LogP contribution in [0.3, 0.4) is 0 Å². The van der Waals surface area contributed by atoms with Crippen LogP contribution in [0, 0.1) is 9.49 Å². The second-order valence-electron chi connectivity index (χ2n) is 10.5. The summed E-state index contributed by atoms with van der Waals surface area (Å²) in [5.41, 5.74) is 1.14. The Kier molecular flexibility index (Phi) is 24.1. The molecule has 0 aliphatic rings. The molecule has 0 spiro atoms. The fourth-order valence-electron chi connectivity index (χ4n) is 4.04. The molecule has 12 nitrogen and oxygen atoms in total. The van der Waals surface area contributed by atoms with Gasteiger partial charge in [-0.25, -0.2) is 0 Å². The summed E-state index contributed by atoms with van der Waals surface area (Å²) in [6, 6.07) is 8.07. The minimum Gasteiger partial charge on any atom is -0.481 e. The van der Waals surface area contributed by atoms with Crippen molar-refractivity contribution in [2.24, 2.45) is 5.92 Å². The van der Waals surface area contributed by atoms with Crippen LogP contribution in [-0.4, -0.2) is 100 Å². The molecule has 0 bridgehead atoms. The summed E-state index contributed by atoms with van der Waals surface area (Å²) in [6.45, 7) is 4.66. The van der Waals surface area contributed by atoms with Gasteiger partial charge in [0.1, 0.15) is 19.0 Å². The molecule has 13 heteroatoms. The van der Waals surface area contributed by atoms with Gasteiger partial charge in [-0.2, -0.15) is 0 Å². The summed E-state index contributed by atoms with van der Waals surface area (Å²) in [5.74, 6) is -2.56. The van der Waals surface area contributed by atoms with Crippen LogP contribution in [0.2, 0.25) is 0 Å². The SMILES string of the molecule is CCCNC(=O)COCCOCCCC(=O)COCCOCCNC(=O)CC[C@H](CC(=O)CCCc1ccc(I)cc1)C(=O)O. The molecule has 1 aromatic rings. The predicted octanol–water partition coefficient (Wildman–Crippen LogP) is 3.11. The van der Waals surface area contributed by atoms with Crippen molar-refractivity contribution < 1.29 is 48.0 Å².